The van der Waals surface area contributed by atoms with E-state index in [1.807, 2.05) is 38.1 Å². The molecule has 0 aliphatic carbocycles. The van der Waals surface area contributed by atoms with E-state index in [1.165, 1.54) is 0 Å². The Hall–Kier alpha value is -2.82. The molecule has 0 radical (unpaired) electrons. The zero-order chi connectivity index (χ0) is 18.1. The SMILES string of the molecule is CCN(C(=O)c1ccc2c(c1)N(C)C(=O)C(C)O2)c1cccc(C)c1. The number of nitrogens with zero attached hydrogens (tertiary/aromatic N) is 2. The highest BCUT2D eigenvalue weighted by atomic mass is 16.5. The van der Waals surface area contributed by atoms with Gasteiger partial charge in [0.05, 0.1) is 5.69 Å². The van der Waals surface area contributed by atoms with Gasteiger partial charge in [0.15, 0.2) is 6.10 Å². The average molecular weight is 338 g/mol. The molecule has 0 aromatic heterocycles. The number of anilines is 2. The molecule has 0 fully saturated rings. The number of carbonyl (C=O) groups excluding carboxylic acids is 2. The lowest BCUT2D eigenvalue weighted by molar-refractivity contribution is -0.125. The fraction of sp³-hybridized carbons (Fsp3) is 0.300. The predicted molar refractivity (Wildman–Crippen MR) is 98.5 cm³/mol. The Morgan fingerprint density at radius 1 is 1.24 bits per heavy atom. The Morgan fingerprint density at radius 3 is 2.68 bits per heavy atom. The van der Waals surface area contributed by atoms with Crippen LogP contribution in [0.2, 0.25) is 0 Å². The first-order chi connectivity index (χ1) is 11.9. The summed E-state index contributed by atoms with van der Waals surface area (Å²) in [5, 5.41) is 0. The van der Waals surface area contributed by atoms with Crippen LogP contribution in [0.3, 0.4) is 0 Å². The topological polar surface area (TPSA) is 49.9 Å². The first-order valence-electron chi connectivity index (χ1n) is 8.39. The smallest absolute Gasteiger partial charge is 0.267 e. The second kappa shape index (κ2) is 6.59. The number of fused-ring (bicyclic) bond motifs is 1. The molecular weight excluding hydrogens is 316 g/mol. The first kappa shape index (κ1) is 17.0. The Morgan fingerprint density at radius 2 is 2.00 bits per heavy atom. The van der Waals surface area contributed by atoms with E-state index >= 15 is 0 Å². The van der Waals surface area contributed by atoms with Gasteiger partial charge in [0.2, 0.25) is 0 Å². The van der Waals surface area contributed by atoms with Crippen molar-refractivity contribution in [3.8, 4) is 5.75 Å². The summed E-state index contributed by atoms with van der Waals surface area (Å²) in [5.41, 5.74) is 3.11. The normalized spacial score (nSPS) is 16.2. The lowest BCUT2D eigenvalue weighted by atomic mass is 10.1. The molecule has 0 bridgehead atoms. The maximum absolute atomic E-state index is 13.0. The van der Waals surface area contributed by atoms with Crippen LogP contribution in [0.5, 0.6) is 5.75 Å². The lowest BCUT2D eigenvalue weighted by Crippen LogP contribution is -2.42. The summed E-state index contributed by atoms with van der Waals surface area (Å²) in [5.74, 6) is 0.392. The van der Waals surface area contributed by atoms with Crippen LogP contribution in [-0.4, -0.2) is 31.5 Å². The van der Waals surface area contributed by atoms with E-state index in [2.05, 4.69) is 0 Å². The van der Waals surface area contributed by atoms with Crippen LogP contribution in [0.1, 0.15) is 29.8 Å². The van der Waals surface area contributed by atoms with Crippen molar-refractivity contribution in [2.24, 2.45) is 0 Å². The number of amides is 2. The number of ether oxygens (including phenoxy) is 1. The lowest BCUT2D eigenvalue weighted by Gasteiger charge is -2.31. The van der Waals surface area contributed by atoms with E-state index in [1.54, 1.807) is 42.0 Å². The second-order valence-electron chi connectivity index (χ2n) is 6.23. The van der Waals surface area contributed by atoms with Crippen LogP contribution in [-0.2, 0) is 4.79 Å². The summed E-state index contributed by atoms with van der Waals surface area (Å²) in [6.07, 6.45) is -0.515. The predicted octanol–water partition coefficient (Wildman–Crippen LogP) is 3.41. The summed E-state index contributed by atoms with van der Waals surface area (Å²) in [4.78, 5) is 28.4. The van der Waals surface area contributed by atoms with Gasteiger partial charge in [-0.25, -0.2) is 0 Å². The van der Waals surface area contributed by atoms with E-state index in [0.717, 1.165) is 11.3 Å². The van der Waals surface area contributed by atoms with Crippen LogP contribution < -0.4 is 14.5 Å². The molecule has 25 heavy (non-hydrogen) atoms. The van der Waals surface area contributed by atoms with Gasteiger partial charge >= 0.3 is 0 Å². The highest BCUT2D eigenvalue weighted by Crippen LogP contribution is 2.34. The van der Waals surface area contributed by atoms with Crippen LogP contribution in [0.25, 0.3) is 0 Å². The third-order valence-electron chi connectivity index (χ3n) is 4.42. The number of hydrogen-bond donors (Lipinski definition) is 0. The van der Waals surface area contributed by atoms with Gasteiger partial charge in [0.1, 0.15) is 5.75 Å². The van der Waals surface area contributed by atoms with Crippen LogP contribution in [0.4, 0.5) is 11.4 Å². The fourth-order valence-corrected chi connectivity index (χ4v) is 3.04. The summed E-state index contributed by atoms with van der Waals surface area (Å²) >= 11 is 0. The van der Waals surface area contributed by atoms with Crippen LogP contribution in [0.15, 0.2) is 42.5 Å². The minimum absolute atomic E-state index is 0.102. The van der Waals surface area contributed by atoms with Crippen molar-refractivity contribution >= 4 is 23.2 Å². The number of likely N-dealkylation sites (N-methyl/N-ethyl adjacent to an activating group) is 1. The van der Waals surface area contributed by atoms with E-state index in [-0.39, 0.29) is 11.8 Å². The standard InChI is InChI=1S/C20H22N2O3/c1-5-22(16-8-6-7-13(2)11-16)20(24)15-9-10-18-17(12-15)21(4)19(23)14(3)25-18/h6-12,14H,5H2,1-4H3. The molecule has 1 unspecified atom stereocenters. The Balaban J connectivity index is 1.96. The van der Waals surface area contributed by atoms with Gasteiger partial charge in [0.25, 0.3) is 11.8 Å². The van der Waals surface area contributed by atoms with Crippen molar-refractivity contribution in [2.45, 2.75) is 26.9 Å². The van der Waals surface area contributed by atoms with Crippen molar-refractivity contribution in [3.63, 3.8) is 0 Å². The quantitative estimate of drug-likeness (QED) is 0.862. The van der Waals surface area contributed by atoms with Gasteiger partial charge in [-0.05, 0) is 56.7 Å². The molecule has 3 rings (SSSR count). The molecular formula is C20H22N2O3. The highest BCUT2D eigenvalue weighted by Gasteiger charge is 2.30. The van der Waals surface area contributed by atoms with Gasteiger partial charge < -0.3 is 14.5 Å². The molecule has 0 spiro atoms. The Bertz CT molecular complexity index is 831. The van der Waals surface area contributed by atoms with E-state index in [0.29, 0.717) is 23.5 Å². The van der Waals surface area contributed by atoms with Gasteiger partial charge in [0, 0.05) is 24.8 Å². The van der Waals surface area contributed by atoms with Crippen molar-refractivity contribution in [2.75, 3.05) is 23.4 Å². The molecule has 2 aromatic carbocycles. The Labute approximate surface area is 147 Å². The van der Waals surface area contributed by atoms with Crippen molar-refractivity contribution in [1.29, 1.82) is 0 Å². The van der Waals surface area contributed by atoms with Crippen molar-refractivity contribution < 1.29 is 14.3 Å². The molecule has 2 amide bonds. The highest BCUT2D eigenvalue weighted by molar-refractivity contribution is 6.08. The second-order valence-corrected chi connectivity index (χ2v) is 6.23. The number of aryl methyl sites for hydroxylation is 1. The van der Waals surface area contributed by atoms with Gasteiger partial charge in [-0.1, -0.05) is 12.1 Å². The molecule has 5 heteroatoms. The molecule has 1 atom stereocenters. The maximum Gasteiger partial charge on any atom is 0.267 e. The van der Waals surface area contributed by atoms with Gasteiger partial charge in [-0.15, -0.1) is 0 Å². The molecule has 1 heterocycles. The summed E-state index contributed by atoms with van der Waals surface area (Å²) < 4.78 is 5.62. The molecule has 0 N–H and O–H groups in total. The van der Waals surface area contributed by atoms with Crippen LogP contribution in [0, 0.1) is 6.92 Å². The largest absolute Gasteiger partial charge is 0.479 e. The molecule has 1 aliphatic rings. The zero-order valence-electron chi connectivity index (χ0n) is 14.9. The Kier molecular flexibility index (Phi) is 4.49. The summed E-state index contributed by atoms with van der Waals surface area (Å²) in [6.45, 7) is 6.22. The molecule has 130 valence electrons. The number of benzene rings is 2. The monoisotopic (exact) mass is 338 g/mol. The van der Waals surface area contributed by atoms with E-state index in [4.69, 9.17) is 4.74 Å². The number of hydrogen-bond acceptors (Lipinski definition) is 3. The molecule has 2 aromatic rings. The summed E-state index contributed by atoms with van der Waals surface area (Å²) in [7, 11) is 1.70. The molecule has 0 saturated carbocycles. The fourth-order valence-electron chi connectivity index (χ4n) is 3.04. The third-order valence-corrected chi connectivity index (χ3v) is 4.42. The van der Waals surface area contributed by atoms with E-state index < -0.39 is 6.10 Å². The van der Waals surface area contributed by atoms with Crippen molar-refractivity contribution in [3.05, 3.63) is 53.6 Å². The molecule has 0 saturated heterocycles. The zero-order valence-corrected chi connectivity index (χ0v) is 14.9. The maximum atomic E-state index is 13.0. The molecule has 5 nitrogen and oxygen atoms in total. The third kappa shape index (κ3) is 3.09. The first-order valence-corrected chi connectivity index (χ1v) is 8.39. The molecule has 1 aliphatic heterocycles. The van der Waals surface area contributed by atoms with Crippen LogP contribution >= 0.6 is 0 Å². The number of rotatable bonds is 3. The van der Waals surface area contributed by atoms with Crippen molar-refractivity contribution in [1.82, 2.24) is 0 Å². The number of carbonyl (C=O) groups is 2. The minimum Gasteiger partial charge on any atom is -0.479 e. The summed E-state index contributed by atoms with van der Waals surface area (Å²) in [6, 6.07) is 13.1. The van der Waals surface area contributed by atoms with Gasteiger partial charge in [-0.3, -0.25) is 9.59 Å². The minimum atomic E-state index is -0.515. The average Bonchev–Trinajstić information content (AvgIpc) is 2.60. The van der Waals surface area contributed by atoms with E-state index in [9.17, 15) is 9.59 Å². The van der Waals surface area contributed by atoms with Gasteiger partial charge in [-0.2, -0.15) is 0 Å².